The van der Waals surface area contributed by atoms with Crippen molar-refractivity contribution in [1.82, 2.24) is 10.6 Å². The topological polar surface area (TPSA) is 41.1 Å². The molecule has 3 nitrogen and oxygen atoms in total. The maximum atomic E-state index is 11.9. The Bertz CT molecular complexity index is 259. The molecule has 0 radical (unpaired) electrons. The first-order chi connectivity index (χ1) is 8.28. The van der Waals surface area contributed by atoms with Crippen LogP contribution < -0.4 is 10.6 Å². The van der Waals surface area contributed by atoms with E-state index >= 15 is 0 Å². The van der Waals surface area contributed by atoms with Gasteiger partial charge in [0.05, 0.1) is 0 Å². The summed E-state index contributed by atoms with van der Waals surface area (Å²) in [5, 5.41) is 7.35. The molecule has 1 amide bonds. The van der Waals surface area contributed by atoms with Crippen molar-refractivity contribution in [3.8, 4) is 0 Å². The number of hydrogen-bond acceptors (Lipinski definition) is 3. The Balaban J connectivity index is 0.00000162. The predicted octanol–water partition coefficient (Wildman–Crippen LogP) is 2.34. The van der Waals surface area contributed by atoms with E-state index < -0.39 is 0 Å². The number of carbonyl (C=O) groups is 1. The number of hydrogen-bond donors (Lipinski definition) is 2. The summed E-state index contributed by atoms with van der Waals surface area (Å²) >= 11 is 1.95. The van der Waals surface area contributed by atoms with Crippen molar-refractivity contribution >= 4 is 30.1 Å². The van der Waals surface area contributed by atoms with Crippen LogP contribution in [0.2, 0.25) is 0 Å². The quantitative estimate of drug-likeness (QED) is 0.836. The summed E-state index contributed by atoms with van der Waals surface area (Å²) in [6, 6.07) is 0.852. The number of amides is 1. The van der Waals surface area contributed by atoms with Crippen LogP contribution >= 0.6 is 24.2 Å². The van der Waals surface area contributed by atoms with Crippen LogP contribution in [0.3, 0.4) is 0 Å². The second-order valence-corrected chi connectivity index (χ2v) is 6.42. The first-order valence-corrected chi connectivity index (χ1v) is 8.12. The molecule has 0 aromatic rings. The molecule has 3 atom stereocenters. The van der Waals surface area contributed by atoms with E-state index in [2.05, 4.69) is 16.9 Å². The average Bonchev–Trinajstić information content (AvgIpc) is 2.82. The number of thioether (sulfide) groups is 1. The summed E-state index contributed by atoms with van der Waals surface area (Å²) in [5.41, 5.74) is 0. The summed E-state index contributed by atoms with van der Waals surface area (Å²) in [6.45, 7) is 1.08. The van der Waals surface area contributed by atoms with Gasteiger partial charge in [-0.05, 0) is 44.9 Å². The Morgan fingerprint density at radius 3 is 2.83 bits per heavy atom. The Kier molecular flexibility index (Phi) is 7.42. The molecule has 1 saturated carbocycles. The van der Waals surface area contributed by atoms with Crippen LogP contribution in [0, 0.1) is 0 Å². The Morgan fingerprint density at radius 1 is 1.33 bits per heavy atom. The van der Waals surface area contributed by atoms with Crippen LogP contribution in [-0.4, -0.2) is 36.0 Å². The van der Waals surface area contributed by atoms with E-state index in [1.54, 1.807) is 0 Å². The largest absolute Gasteiger partial charge is 0.353 e. The van der Waals surface area contributed by atoms with Crippen molar-refractivity contribution < 1.29 is 4.79 Å². The lowest BCUT2D eigenvalue weighted by Gasteiger charge is -2.29. The molecule has 2 rings (SSSR count). The number of halogens is 1. The van der Waals surface area contributed by atoms with Crippen molar-refractivity contribution in [1.29, 1.82) is 0 Å². The number of carbonyl (C=O) groups excluding carboxylic acids is 1. The number of nitrogens with one attached hydrogen (secondary N) is 2. The highest BCUT2D eigenvalue weighted by Crippen LogP contribution is 2.27. The molecule has 2 fully saturated rings. The summed E-state index contributed by atoms with van der Waals surface area (Å²) in [6.07, 6.45) is 10.1. The summed E-state index contributed by atoms with van der Waals surface area (Å²) in [4.78, 5) is 11.9. The molecule has 1 aliphatic carbocycles. The predicted molar refractivity (Wildman–Crippen MR) is 80.6 cm³/mol. The highest BCUT2D eigenvalue weighted by atomic mass is 35.5. The van der Waals surface area contributed by atoms with E-state index in [1.807, 2.05) is 11.8 Å². The zero-order chi connectivity index (χ0) is 12.1. The summed E-state index contributed by atoms with van der Waals surface area (Å²) in [5.74, 6) is 0.246. The molecule has 0 bridgehead atoms. The van der Waals surface area contributed by atoms with Gasteiger partial charge in [-0.3, -0.25) is 4.79 Å². The van der Waals surface area contributed by atoms with Crippen molar-refractivity contribution in [3.05, 3.63) is 0 Å². The minimum Gasteiger partial charge on any atom is -0.353 e. The molecule has 0 aromatic heterocycles. The maximum absolute atomic E-state index is 11.9. The normalized spacial score (nSPS) is 31.7. The van der Waals surface area contributed by atoms with Gasteiger partial charge in [0.1, 0.15) is 0 Å². The molecule has 1 aliphatic heterocycles. The van der Waals surface area contributed by atoms with E-state index in [0.717, 1.165) is 24.6 Å². The van der Waals surface area contributed by atoms with Crippen LogP contribution in [0.15, 0.2) is 0 Å². The van der Waals surface area contributed by atoms with Crippen molar-refractivity contribution in [2.45, 2.75) is 62.3 Å². The first-order valence-electron chi connectivity index (χ1n) is 6.83. The lowest BCUT2D eigenvalue weighted by atomic mass is 9.94. The van der Waals surface area contributed by atoms with Gasteiger partial charge < -0.3 is 10.6 Å². The summed E-state index contributed by atoms with van der Waals surface area (Å²) < 4.78 is 0. The number of rotatable bonds is 4. The third-order valence-corrected chi connectivity index (χ3v) is 5.01. The van der Waals surface area contributed by atoms with E-state index in [1.165, 1.54) is 25.7 Å². The average molecular weight is 293 g/mol. The lowest BCUT2D eigenvalue weighted by Crippen LogP contribution is -2.41. The fourth-order valence-corrected chi connectivity index (χ4v) is 3.76. The van der Waals surface area contributed by atoms with Crippen LogP contribution in [0.25, 0.3) is 0 Å². The monoisotopic (exact) mass is 292 g/mol. The highest BCUT2D eigenvalue weighted by molar-refractivity contribution is 7.99. The molecule has 5 heteroatoms. The lowest BCUT2D eigenvalue weighted by molar-refractivity contribution is -0.122. The van der Waals surface area contributed by atoms with Gasteiger partial charge in [-0.1, -0.05) is 6.42 Å². The second-order valence-electron chi connectivity index (χ2n) is 5.29. The molecule has 3 unspecified atom stereocenters. The van der Waals surface area contributed by atoms with Gasteiger partial charge in [-0.2, -0.15) is 11.8 Å². The maximum Gasteiger partial charge on any atom is 0.221 e. The minimum absolute atomic E-state index is 0. The van der Waals surface area contributed by atoms with Crippen LogP contribution in [-0.2, 0) is 4.79 Å². The SMILES string of the molecule is CSC1CCCC(NC(=O)CC2CCCN2)C1.Cl. The van der Waals surface area contributed by atoms with Crippen molar-refractivity contribution in [2.24, 2.45) is 0 Å². The Labute approximate surface area is 121 Å². The molecular formula is C13H25ClN2OS. The third kappa shape index (κ3) is 4.98. The fourth-order valence-electron chi connectivity index (χ4n) is 2.93. The molecule has 2 aliphatic rings. The molecule has 1 saturated heterocycles. The first kappa shape index (κ1) is 16.1. The van der Waals surface area contributed by atoms with E-state index in [4.69, 9.17) is 0 Å². The van der Waals surface area contributed by atoms with Gasteiger partial charge in [-0.25, -0.2) is 0 Å². The second kappa shape index (κ2) is 8.28. The Hall–Kier alpha value is 0.0700. The third-order valence-electron chi connectivity index (χ3n) is 3.92. The highest BCUT2D eigenvalue weighted by Gasteiger charge is 2.24. The van der Waals surface area contributed by atoms with Gasteiger partial charge in [0.15, 0.2) is 0 Å². The van der Waals surface area contributed by atoms with Gasteiger partial charge in [0, 0.05) is 23.8 Å². The smallest absolute Gasteiger partial charge is 0.221 e. The van der Waals surface area contributed by atoms with Crippen molar-refractivity contribution in [3.63, 3.8) is 0 Å². The van der Waals surface area contributed by atoms with Crippen molar-refractivity contribution in [2.75, 3.05) is 12.8 Å². The standard InChI is InChI=1S/C13H24N2OS.ClH/c1-17-12-6-2-4-11(8-12)15-13(16)9-10-5-3-7-14-10;/h10-12,14H,2-9H2,1H3,(H,15,16);1H. The molecule has 0 spiro atoms. The van der Waals surface area contributed by atoms with Gasteiger partial charge >= 0.3 is 0 Å². The minimum atomic E-state index is 0. The summed E-state index contributed by atoms with van der Waals surface area (Å²) in [7, 11) is 0. The zero-order valence-corrected chi connectivity index (χ0v) is 12.7. The molecule has 0 aromatic carbocycles. The van der Waals surface area contributed by atoms with E-state index in [-0.39, 0.29) is 18.3 Å². The van der Waals surface area contributed by atoms with Crippen LogP contribution in [0.5, 0.6) is 0 Å². The van der Waals surface area contributed by atoms with Gasteiger partial charge in [0.25, 0.3) is 0 Å². The molecule has 2 N–H and O–H groups in total. The molecule has 106 valence electrons. The van der Waals surface area contributed by atoms with E-state index in [9.17, 15) is 4.79 Å². The van der Waals surface area contributed by atoms with Gasteiger partial charge in [0.2, 0.25) is 5.91 Å². The molecular weight excluding hydrogens is 268 g/mol. The van der Waals surface area contributed by atoms with Gasteiger partial charge in [-0.15, -0.1) is 12.4 Å². The Morgan fingerprint density at radius 2 is 2.17 bits per heavy atom. The molecule has 18 heavy (non-hydrogen) atoms. The fraction of sp³-hybridized carbons (Fsp3) is 0.923. The molecule has 1 heterocycles. The van der Waals surface area contributed by atoms with Crippen LogP contribution in [0.1, 0.15) is 44.9 Å². The zero-order valence-electron chi connectivity index (χ0n) is 11.1. The van der Waals surface area contributed by atoms with Crippen LogP contribution in [0.4, 0.5) is 0 Å². The van der Waals surface area contributed by atoms with E-state index in [0.29, 0.717) is 18.5 Å².